The van der Waals surface area contributed by atoms with Crippen LogP contribution in [-0.4, -0.2) is 18.4 Å². The van der Waals surface area contributed by atoms with E-state index in [4.69, 9.17) is 5.11 Å². The van der Waals surface area contributed by atoms with Crippen molar-refractivity contribution in [1.29, 1.82) is 0 Å². The molecule has 0 aromatic heterocycles. The lowest BCUT2D eigenvalue weighted by Crippen LogP contribution is -1.84. The molecule has 0 saturated carbocycles. The lowest BCUT2D eigenvalue weighted by molar-refractivity contribution is 0.320. The molecule has 0 aliphatic carbocycles. The molecule has 0 heterocycles. The maximum absolute atomic E-state index is 11.2. The van der Waals surface area contributed by atoms with Gasteiger partial charge in [-0.25, -0.2) is 0 Å². The standard InChI is InChI=1S/C5H10FO/c6-4-2-1-3-5-7/h3,7H,1-2,4-5H2. The number of alkyl halides is 1. The molecule has 0 aromatic carbocycles. The lowest BCUT2D eigenvalue weighted by Gasteiger charge is -1.88. The Balaban J connectivity index is 2.45. The maximum atomic E-state index is 11.2. The summed E-state index contributed by atoms with van der Waals surface area (Å²) < 4.78 is 11.2. The second kappa shape index (κ2) is 5.89. The van der Waals surface area contributed by atoms with E-state index >= 15 is 0 Å². The van der Waals surface area contributed by atoms with Crippen molar-refractivity contribution in [3.63, 3.8) is 0 Å². The zero-order valence-electron chi connectivity index (χ0n) is 4.23. The van der Waals surface area contributed by atoms with Gasteiger partial charge < -0.3 is 5.11 Å². The van der Waals surface area contributed by atoms with Crippen molar-refractivity contribution in [3.05, 3.63) is 6.42 Å². The fraction of sp³-hybridized carbons (Fsp3) is 0.800. The van der Waals surface area contributed by atoms with Crippen molar-refractivity contribution in [2.75, 3.05) is 13.3 Å². The van der Waals surface area contributed by atoms with Gasteiger partial charge >= 0.3 is 0 Å². The molecule has 43 valence electrons. The van der Waals surface area contributed by atoms with Crippen molar-refractivity contribution in [2.24, 2.45) is 0 Å². The molecule has 2 heteroatoms. The summed E-state index contributed by atoms with van der Waals surface area (Å²) >= 11 is 0. The van der Waals surface area contributed by atoms with Crippen LogP contribution in [-0.2, 0) is 0 Å². The first-order valence-electron chi connectivity index (χ1n) is 2.40. The largest absolute Gasteiger partial charge is 0.396 e. The minimum atomic E-state index is -0.281. The number of rotatable bonds is 4. The van der Waals surface area contributed by atoms with E-state index in [1.165, 1.54) is 0 Å². The highest BCUT2D eigenvalue weighted by molar-refractivity contribution is 4.60. The summed E-state index contributed by atoms with van der Waals surface area (Å²) in [6, 6.07) is 0. The number of hydrogen-bond acceptors (Lipinski definition) is 1. The van der Waals surface area contributed by atoms with Gasteiger partial charge in [-0.1, -0.05) is 0 Å². The molecule has 1 nitrogen and oxygen atoms in total. The average Bonchev–Trinajstić information content (AvgIpc) is 1.69. The minimum absolute atomic E-state index is 0.0694. The topological polar surface area (TPSA) is 20.2 Å². The molecule has 0 aromatic rings. The highest BCUT2D eigenvalue weighted by Gasteiger charge is 1.83. The first kappa shape index (κ1) is 6.89. The summed E-state index contributed by atoms with van der Waals surface area (Å²) in [7, 11) is 0. The van der Waals surface area contributed by atoms with Gasteiger partial charge in [-0.2, -0.15) is 0 Å². The Hall–Kier alpha value is -0.110. The number of aliphatic hydroxyl groups is 1. The SMILES string of the molecule is OC[CH]CCCF. The van der Waals surface area contributed by atoms with E-state index in [1.807, 2.05) is 0 Å². The van der Waals surface area contributed by atoms with Gasteiger partial charge in [0.1, 0.15) is 0 Å². The van der Waals surface area contributed by atoms with E-state index in [0.717, 1.165) is 0 Å². The average molecular weight is 105 g/mol. The van der Waals surface area contributed by atoms with Crippen LogP contribution in [0.2, 0.25) is 0 Å². The predicted octanol–water partition coefficient (Wildman–Crippen LogP) is 0.933. The van der Waals surface area contributed by atoms with Crippen LogP contribution >= 0.6 is 0 Å². The molecule has 0 rings (SSSR count). The maximum Gasteiger partial charge on any atom is 0.0894 e. The normalized spacial score (nSPS) is 9.43. The summed E-state index contributed by atoms with van der Waals surface area (Å²) in [4.78, 5) is 0. The molecule has 0 atom stereocenters. The monoisotopic (exact) mass is 105 g/mol. The van der Waals surface area contributed by atoms with E-state index in [0.29, 0.717) is 12.8 Å². The van der Waals surface area contributed by atoms with Gasteiger partial charge in [0.2, 0.25) is 0 Å². The Morgan fingerprint density at radius 3 is 2.71 bits per heavy atom. The van der Waals surface area contributed by atoms with E-state index in [-0.39, 0.29) is 13.3 Å². The van der Waals surface area contributed by atoms with Crippen LogP contribution in [0.4, 0.5) is 4.39 Å². The van der Waals surface area contributed by atoms with Crippen LogP contribution in [0.3, 0.4) is 0 Å². The van der Waals surface area contributed by atoms with Crippen molar-refractivity contribution >= 4 is 0 Å². The molecular weight excluding hydrogens is 95.1 g/mol. The molecule has 7 heavy (non-hydrogen) atoms. The molecule has 0 spiro atoms. The van der Waals surface area contributed by atoms with Crippen molar-refractivity contribution < 1.29 is 9.50 Å². The quantitative estimate of drug-likeness (QED) is 0.527. The van der Waals surface area contributed by atoms with Gasteiger partial charge in [-0.15, -0.1) is 0 Å². The van der Waals surface area contributed by atoms with Crippen molar-refractivity contribution in [1.82, 2.24) is 0 Å². The summed E-state index contributed by atoms with van der Waals surface area (Å²) in [5, 5.41) is 8.11. The molecular formula is C5H10FO. The van der Waals surface area contributed by atoms with Crippen LogP contribution in [0, 0.1) is 6.42 Å². The number of aliphatic hydroxyl groups excluding tert-OH is 1. The van der Waals surface area contributed by atoms with Crippen LogP contribution in [0.25, 0.3) is 0 Å². The van der Waals surface area contributed by atoms with Gasteiger partial charge in [0.25, 0.3) is 0 Å². The highest BCUT2D eigenvalue weighted by atomic mass is 19.1. The molecule has 0 saturated heterocycles. The fourth-order valence-electron chi connectivity index (χ4n) is 0.313. The molecule has 1 radical (unpaired) electrons. The molecule has 0 fully saturated rings. The second-order valence-corrected chi connectivity index (χ2v) is 1.30. The number of hydrogen-bond donors (Lipinski definition) is 1. The number of unbranched alkanes of at least 4 members (excludes halogenated alkanes) is 2. The smallest absolute Gasteiger partial charge is 0.0894 e. The molecule has 0 bridgehead atoms. The van der Waals surface area contributed by atoms with Crippen molar-refractivity contribution in [2.45, 2.75) is 12.8 Å². The highest BCUT2D eigenvalue weighted by Crippen LogP contribution is 1.91. The van der Waals surface area contributed by atoms with Gasteiger partial charge in [0.15, 0.2) is 0 Å². The van der Waals surface area contributed by atoms with Crippen LogP contribution < -0.4 is 0 Å². The van der Waals surface area contributed by atoms with Crippen LogP contribution in [0.5, 0.6) is 0 Å². The second-order valence-electron chi connectivity index (χ2n) is 1.30. The van der Waals surface area contributed by atoms with Gasteiger partial charge in [-0.05, 0) is 19.3 Å². The van der Waals surface area contributed by atoms with Gasteiger partial charge in [0, 0.05) is 6.61 Å². The van der Waals surface area contributed by atoms with Crippen LogP contribution in [0.15, 0.2) is 0 Å². The summed E-state index contributed by atoms with van der Waals surface area (Å²) in [5.74, 6) is 0. The van der Waals surface area contributed by atoms with Crippen molar-refractivity contribution in [3.8, 4) is 0 Å². The lowest BCUT2D eigenvalue weighted by atomic mass is 10.3. The third kappa shape index (κ3) is 5.89. The first-order chi connectivity index (χ1) is 3.41. The van der Waals surface area contributed by atoms with E-state index in [1.54, 1.807) is 6.42 Å². The van der Waals surface area contributed by atoms with Crippen LogP contribution in [0.1, 0.15) is 12.8 Å². The molecule has 0 aliphatic rings. The summed E-state index contributed by atoms with van der Waals surface area (Å²) in [6.07, 6.45) is 2.88. The Kier molecular flexibility index (Phi) is 5.80. The Morgan fingerprint density at radius 2 is 2.29 bits per heavy atom. The third-order valence-corrected chi connectivity index (χ3v) is 0.671. The third-order valence-electron chi connectivity index (χ3n) is 0.671. The van der Waals surface area contributed by atoms with E-state index in [9.17, 15) is 4.39 Å². The van der Waals surface area contributed by atoms with E-state index in [2.05, 4.69) is 0 Å². The minimum Gasteiger partial charge on any atom is -0.396 e. The molecule has 0 unspecified atom stereocenters. The number of halogens is 1. The summed E-state index contributed by atoms with van der Waals surface area (Å²) in [6.45, 7) is -0.212. The summed E-state index contributed by atoms with van der Waals surface area (Å²) in [5.41, 5.74) is 0. The molecule has 0 amide bonds. The zero-order chi connectivity index (χ0) is 5.54. The van der Waals surface area contributed by atoms with Gasteiger partial charge in [0.05, 0.1) is 6.67 Å². The van der Waals surface area contributed by atoms with Gasteiger partial charge in [-0.3, -0.25) is 4.39 Å². The Labute approximate surface area is 43.2 Å². The Morgan fingerprint density at radius 1 is 1.57 bits per heavy atom. The zero-order valence-corrected chi connectivity index (χ0v) is 4.23. The molecule has 1 N–H and O–H groups in total. The Bertz CT molecular complexity index is 27.3. The molecule has 0 aliphatic heterocycles. The first-order valence-corrected chi connectivity index (χ1v) is 2.40. The fourth-order valence-corrected chi connectivity index (χ4v) is 0.313. The predicted molar refractivity (Wildman–Crippen MR) is 26.6 cm³/mol. The van der Waals surface area contributed by atoms with E-state index < -0.39 is 0 Å².